The molecule has 0 bridgehead atoms. The van der Waals surface area contributed by atoms with E-state index in [0.717, 1.165) is 30.2 Å². The third-order valence-corrected chi connectivity index (χ3v) is 3.68. The van der Waals surface area contributed by atoms with Crippen LogP contribution >= 0.6 is 11.6 Å². The van der Waals surface area contributed by atoms with Gasteiger partial charge in [-0.05, 0) is 36.2 Å². The minimum atomic E-state index is 0.517. The standard InChI is InChI=1S/C18H22ClNO/c1-4-20-12-15-6-5-7-17(19)18(15)21-16-10-8-14(9-11-16)13(2)3/h5-11,13,20H,4,12H2,1-3H3. The molecule has 0 heterocycles. The number of nitrogens with one attached hydrogen (secondary N) is 1. The maximum atomic E-state index is 6.29. The van der Waals surface area contributed by atoms with Gasteiger partial charge in [0.1, 0.15) is 11.5 Å². The van der Waals surface area contributed by atoms with Gasteiger partial charge in [0.05, 0.1) is 5.02 Å². The number of hydrogen-bond donors (Lipinski definition) is 1. The van der Waals surface area contributed by atoms with Crippen LogP contribution in [0, 0.1) is 0 Å². The minimum absolute atomic E-state index is 0.517. The molecular formula is C18H22ClNO. The molecular weight excluding hydrogens is 282 g/mol. The van der Waals surface area contributed by atoms with Crippen LogP contribution in [0.25, 0.3) is 0 Å². The minimum Gasteiger partial charge on any atom is -0.455 e. The lowest BCUT2D eigenvalue weighted by Gasteiger charge is -2.14. The van der Waals surface area contributed by atoms with E-state index < -0.39 is 0 Å². The molecule has 0 fully saturated rings. The molecule has 2 rings (SSSR count). The molecule has 0 aromatic heterocycles. The summed E-state index contributed by atoms with van der Waals surface area (Å²) in [5.41, 5.74) is 2.37. The Labute approximate surface area is 132 Å². The second kappa shape index (κ2) is 7.48. The van der Waals surface area contributed by atoms with Gasteiger partial charge in [-0.25, -0.2) is 0 Å². The number of ether oxygens (including phenoxy) is 1. The summed E-state index contributed by atoms with van der Waals surface area (Å²) < 4.78 is 6.00. The first-order chi connectivity index (χ1) is 10.1. The Hall–Kier alpha value is -1.51. The van der Waals surface area contributed by atoms with E-state index in [-0.39, 0.29) is 0 Å². The fourth-order valence-electron chi connectivity index (χ4n) is 2.11. The van der Waals surface area contributed by atoms with Gasteiger partial charge >= 0.3 is 0 Å². The van der Waals surface area contributed by atoms with E-state index in [1.165, 1.54) is 5.56 Å². The van der Waals surface area contributed by atoms with Crippen LogP contribution < -0.4 is 10.1 Å². The van der Waals surface area contributed by atoms with Crippen molar-refractivity contribution in [2.75, 3.05) is 6.54 Å². The Kier molecular flexibility index (Phi) is 5.66. The number of para-hydroxylation sites is 1. The highest BCUT2D eigenvalue weighted by Gasteiger charge is 2.09. The highest BCUT2D eigenvalue weighted by Crippen LogP contribution is 2.33. The first-order valence-electron chi connectivity index (χ1n) is 7.37. The van der Waals surface area contributed by atoms with Crippen molar-refractivity contribution in [2.24, 2.45) is 0 Å². The number of halogens is 1. The average molecular weight is 304 g/mol. The summed E-state index contributed by atoms with van der Waals surface area (Å²) in [6.45, 7) is 8.10. The van der Waals surface area contributed by atoms with Gasteiger partial charge in [0, 0.05) is 12.1 Å². The highest BCUT2D eigenvalue weighted by atomic mass is 35.5. The molecule has 2 aromatic rings. The predicted molar refractivity (Wildman–Crippen MR) is 89.4 cm³/mol. The summed E-state index contributed by atoms with van der Waals surface area (Å²) >= 11 is 6.29. The quantitative estimate of drug-likeness (QED) is 0.775. The fraction of sp³-hybridized carbons (Fsp3) is 0.333. The van der Waals surface area contributed by atoms with E-state index in [2.05, 4.69) is 38.2 Å². The van der Waals surface area contributed by atoms with Crippen LogP contribution in [-0.2, 0) is 6.54 Å². The summed E-state index contributed by atoms with van der Waals surface area (Å²) in [4.78, 5) is 0. The first-order valence-corrected chi connectivity index (χ1v) is 7.75. The molecule has 2 nitrogen and oxygen atoms in total. The van der Waals surface area contributed by atoms with Crippen molar-refractivity contribution in [1.29, 1.82) is 0 Å². The molecule has 3 heteroatoms. The normalized spacial score (nSPS) is 10.9. The molecule has 0 atom stereocenters. The molecule has 1 N–H and O–H groups in total. The van der Waals surface area contributed by atoms with Crippen LogP contribution in [0.3, 0.4) is 0 Å². The van der Waals surface area contributed by atoms with Crippen LogP contribution in [-0.4, -0.2) is 6.54 Å². The molecule has 0 aliphatic carbocycles. The van der Waals surface area contributed by atoms with E-state index in [4.69, 9.17) is 16.3 Å². The van der Waals surface area contributed by atoms with Gasteiger partial charge < -0.3 is 10.1 Å². The van der Waals surface area contributed by atoms with Gasteiger partial charge in [-0.2, -0.15) is 0 Å². The van der Waals surface area contributed by atoms with Crippen molar-refractivity contribution in [1.82, 2.24) is 5.32 Å². The Balaban J connectivity index is 2.21. The lowest BCUT2D eigenvalue weighted by Crippen LogP contribution is -2.12. The van der Waals surface area contributed by atoms with Crippen molar-refractivity contribution in [3.8, 4) is 11.5 Å². The molecule has 0 spiro atoms. The van der Waals surface area contributed by atoms with Gasteiger partial charge in [0.15, 0.2) is 0 Å². The van der Waals surface area contributed by atoms with Gasteiger partial charge in [-0.1, -0.05) is 56.6 Å². The summed E-state index contributed by atoms with van der Waals surface area (Å²) in [5, 5.41) is 3.94. The van der Waals surface area contributed by atoms with E-state index >= 15 is 0 Å². The van der Waals surface area contributed by atoms with Crippen molar-refractivity contribution in [3.05, 3.63) is 58.6 Å². The fourth-order valence-corrected chi connectivity index (χ4v) is 2.34. The Morgan fingerprint density at radius 2 is 1.81 bits per heavy atom. The van der Waals surface area contributed by atoms with Crippen molar-refractivity contribution >= 4 is 11.6 Å². The second-order valence-corrected chi connectivity index (χ2v) is 5.74. The molecule has 0 aliphatic heterocycles. The Morgan fingerprint density at radius 3 is 2.43 bits per heavy atom. The molecule has 0 saturated heterocycles. The van der Waals surface area contributed by atoms with Crippen LogP contribution in [0.5, 0.6) is 11.5 Å². The van der Waals surface area contributed by atoms with Gasteiger partial charge in [-0.3, -0.25) is 0 Å². The van der Waals surface area contributed by atoms with Gasteiger partial charge in [0.25, 0.3) is 0 Å². The summed E-state index contributed by atoms with van der Waals surface area (Å²) in [6, 6.07) is 14.0. The van der Waals surface area contributed by atoms with E-state index in [1.54, 1.807) is 0 Å². The number of benzene rings is 2. The van der Waals surface area contributed by atoms with Crippen molar-refractivity contribution in [2.45, 2.75) is 33.2 Å². The van der Waals surface area contributed by atoms with Gasteiger partial charge in [0.2, 0.25) is 0 Å². The largest absolute Gasteiger partial charge is 0.455 e. The zero-order chi connectivity index (χ0) is 15.2. The molecule has 112 valence electrons. The van der Waals surface area contributed by atoms with Crippen molar-refractivity contribution < 1.29 is 4.74 Å². The number of rotatable bonds is 6. The molecule has 0 saturated carbocycles. The van der Waals surface area contributed by atoms with Crippen LogP contribution in [0.4, 0.5) is 0 Å². The Bertz CT molecular complexity index is 578. The molecule has 21 heavy (non-hydrogen) atoms. The van der Waals surface area contributed by atoms with Gasteiger partial charge in [-0.15, -0.1) is 0 Å². The average Bonchev–Trinajstić information content (AvgIpc) is 2.48. The second-order valence-electron chi connectivity index (χ2n) is 5.33. The predicted octanol–water partition coefficient (Wildman–Crippen LogP) is 5.37. The smallest absolute Gasteiger partial charge is 0.150 e. The zero-order valence-corrected chi connectivity index (χ0v) is 13.6. The summed E-state index contributed by atoms with van der Waals surface area (Å²) in [7, 11) is 0. The third kappa shape index (κ3) is 4.23. The van der Waals surface area contributed by atoms with Crippen LogP contribution in [0.15, 0.2) is 42.5 Å². The number of hydrogen-bond acceptors (Lipinski definition) is 2. The van der Waals surface area contributed by atoms with Crippen LogP contribution in [0.1, 0.15) is 37.8 Å². The van der Waals surface area contributed by atoms with E-state index in [9.17, 15) is 0 Å². The molecule has 0 amide bonds. The molecule has 0 radical (unpaired) electrons. The molecule has 0 aliphatic rings. The third-order valence-electron chi connectivity index (χ3n) is 3.38. The zero-order valence-electron chi connectivity index (χ0n) is 12.8. The van der Waals surface area contributed by atoms with E-state index in [0.29, 0.717) is 10.9 Å². The lowest BCUT2D eigenvalue weighted by molar-refractivity contribution is 0.473. The topological polar surface area (TPSA) is 21.3 Å². The monoisotopic (exact) mass is 303 g/mol. The van der Waals surface area contributed by atoms with E-state index in [1.807, 2.05) is 30.3 Å². The molecule has 2 aromatic carbocycles. The highest BCUT2D eigenvalue weighted by molar-refractivity contribution is 6.32. The molecule has 0 unspecified atom stereocenters. The van der Waals surface area contributed by atoms with Crippen LogP contribution in [0.2, 0.25) is 5.02 Å². The Morgan fingerprint density at radius 1 is 1.10 bits per heavy atom. The SMILES string of the molecule is CCNCc1cccc(Cl)c1Oc1ccc(C(C)C)cc1. The summed E-state index contributed by atoms with van der Waals surface area (Å²) in [5.74, 6) is 2.06. The maximum absolute atomic E-state index is 6.29. The summed E-state index contributed by atoms with van der Waals surface area (Å²) in [6.07, 6.45) is 0. The van der Waals surface area contributed by atoms with Crippen molar-refractivity contribution in [3.63, 3.8) is 0 Å². The first kappa shape index (κ1) is 15.9. The lowest BCUT2D eigenvalue weighted by atomic mass is 10.0. The maximum Gasteiger partial charge on any atom is 0.150 e.